The minimum Gasteiger partial charge on any atom is -0.433 e. The van der Waals surface area contributed by atoms with Crippen LogP contribution < -0.4 is 20.3 Å². The quantitative estimate of drug-likeness (QED) is 0.345. The van der Waals surface area contributed by atoms with Crippen molar-refractivity contribution in [3.05, 3.63) is 39.5 Å². The highest BCUT2D eigenvalue weighted by Crippen LogP contribution is 2.32. The molecule has 2 N–H and O–H groups in total. The molecule has 1 aromatic heterocycles. The van der Waals surface area contributed by atoms with Crippen LogP contribution in [0.4, 0.5) is 20.2 Å². The summed E-state index contributed by atoms with van der Waals surface area (Å²) >= 11 is 7.09. The fourth-order valence-electron chi connectivity index (χ4n) is 4.35. The van der Waals surface area contributed by atoms with Gasteiger partial charge in [-0.15, -0.1) is 11.3 Å². The van der Waals surface area contributed by atoms with E-state index in [9.17, 15) is 23.2 Å². The van der Waals surface area contributed by atoms with Crippen molar-refractivity contribution in [3.8, 4) is 5.75 Å². The van der Waals surface area contributed by atoms with Crippen LogP contribution in [0.15, 0.2) is 30.3 Å². The van der Waals surface area contributed by atoms with Gasteiger partial charge in [-0.2, -0.15) is 8.78 Å². The Morgan fingerprint density at radius 3 is 2.42 bits per heavy atom. The molecule has 40 heavy (non-hydrogen) atoms. The summed E-state index contributed by atoms with van der Waals surface area (Å²) in [5, 5.41) is 5.53. The third kappa shape index (κ3) is 9.12. The van der Waals surface area contributed by atoms with E-state index in [1.807, 2.05) is 32.6 Å². The molecule has 0 spiro atoms. The molecule has 13 heteroatoms. The summed E-state index contributed by atoms with van der Waals surface area (Å²) in [7, 11) is 0. The molecule has 1 saturated heterocycles. The number of hydrogen-bond acceptors (Lipinski definition) is 7. The number of ether oxygens (including phenoxy) is 2. The highest BCUT2D eigenvalue weighted by Gasteiger charge is 2.30. The fraction of sp³-hybridized carbons (Fsp3) is 0.519. The van der Waals surface area contributed by atoms with Crippen LogP contribution in [0.25, 0.3) is 0 Å². The first kappa shape index (κ1) is 31.7. The third-order valence-corrected chi connectivity index (χ3v) is 7.16. The number of thiophene rings is 1. The lowest BCUT2D eigenvalue weighted by Crippen LogP contribution is -2.52. The molecular weight excluding hydrogens is 566 g/mol. The summed E-state index contributed by atoms with van der Waals surface area (Å²) < 4.78 is 37.0. The van der Waals surface area contributed by atoms with Crippen LogP contribution in [0.1, 0.15) is 37.4 Å². The van der Waals surface area contributed by atoms with Crippen molar-refractivity contribution in [2.45, 2.75) is 40.3 Å². The number of amides is 3. The molecule has 1 fully saturated rings. The second-order valence-electron chi connectivity index (χ2n) is 10.2. The Bertz CT molecular complexity index is 1170. The van der Waals surface area contributed by atoms with E-state index in [0.717, 1.165) is 11.3 Å². The maximum Gasteiger partial charge on any atom is 0.387 e. The van der Waals surface area contributed by atoms with Gasteiger partial charge in [-0.1, -0.05) is 39.3 Å². The van der Waals surface area contributed by atoms with Gasteiger partial charge in [0.25, 0.3) is 11.8 Å². The maximum absolute atomic E-state index is 13.7. The lowest BCUT2D eigenvalue weighted by atomic mass is 10.1. The number of carbonyl (C=O) groups excluding carboxylic acids is 3. The summed E-state index contributed by atoms with van der Waals surface area (Å²) in [6.45, 7) is 6.49. The van der Waals surface area contributed by atoms with Gasteiger partial charge in [-0.3, -0.25) is 19.3 Å². The number of benzene rings is 1. The van der Waals surface area contributed by atoms with Gasteiger partial charge in [0.2, 0.25) is 5.91 Å². The predicted molar refractivity (Wildman–Crippen MR) is 152 cm³/mol. The van der Waals surface area contributed by atoms with E-state index in [1.54, 1.807) is 18.2 Å². The summed E-state index contributed by atoms with van der Waals surface area (Å²) in [4.78, 5) is 42.5. The molecule has 1 aliphatic heterocycles. The Kier molecular flexibility index (Phi) is 11.7. The second kappa shape index (κ2) is 14.7. The Balaban J connectivity index is 1.88. The highest BCUT2D eigenvalue weighted by atomic mass is 35.5. The van der Waals surface area contributed by atoms with Crippen molar-refractivity contribution in [2.75, 3.05) is 49.6 Å². The van der Waals surface area contributed by atoms with E-state index in [1.165, 1.54) is 17.0 Å². The SMILES string of the molecule is CC(C)CN(CC(C)C)[C@H](CNC(=O)c1ccc(Cl)s1)C(=O)Nc1ccc(N2CCOCC2=O)cc1OC(F)F. The van der Waals surface area contributed by atoms with Crippen LogP contribution >= 0.6 is 22.9 Å². The Morgan fingerprint density at radius 1 is 1.15 bits per heavy atom. The van der Waals surface area contributed by atoms with Crippen LogP contribution in [0, 0.1) is 11.8 Å². The summed E-state index contributed by atoms with van der Waals surface area (Å²) in [5.41, 5.74) is 0.367. The molecule has 0 unspecified atom stereocenters. The van der Waals surface area contributed by atoms with Gasteiger partial charge in [0.15, 0.2) is 5.75 Å². The number of morpholine rings is 1. The first-order chi connectivity index (χ1) is 18.9. The molecule has 0 radical (unpaired) electrons. The van der Waals surface area contributed by atoms with Crippen molar-refractivity contribution in [2.24, 2.45) is 11.8 Å². The topological polar surface area (TPSA) is 100 Å². The number of hydrogen-bond donors (Lipinski definition) is 2. The number of carbonyl (C=O) groups is 3. The van der Waals surface area contributed by atoms with Gasteiger partial charge in [0.05, 0.1) is 21.5 Å². The number of nitrogens with one attached hydrogen (secondary N) is 2. The van der Waals surface area contributed by atoms with Crippen LogP contribution in [-0.2, 0) is 14.3 Å². The zero-order chi connectivity index (χ0) is 29.4. The van der Waals surface area contributed by atoms with E-state index in [-0.39, 0.29) is 54.8 Å². The first-order valence-electron chi connectivity index (χ1n) is 13.0. The van der Waals surface area contributed by atoms with E-state index in [2.05, 4.69) is 10.6 Å². The van der Waals surface area contributed by atoms with Gasteiger partial charge >= 0.3 is 6.61 Å². The van der Waals surface area contributed by atoms with Crippen LogP contribution in [0.3, 0.4) is 0 Å². The molecular formula is C27H35ClF2N4O5S. The van der Waals surface area contributed by atoms with Gasteiger partial charge in [-0.05, 0) is 36.1 Å². The summed E-state index contributed by atoms with van der Waals surface area (Å²) in [6.07, 6.45) is 0. The molecule has 0 bridgehead atoms. The van der Waals surface area contributed by atoms with Crippen LogP contribution in [-0.4, -0.2) is 74.7 Å². The van der Waals surface area contributed by atoms with E-state index in [4.69, 9.17) is 21.1 Å². The number of halogens is 3. The molecule has 0 saturated carbocycles. The lowest BCUT2D eigenvalue weighted by molar-refractivity contribution is -0.125. The van der Waals surface area contributed by atoms with Gasteiger partial charge < -0.3 is 25.0 Å². The average Bonchev–Trinajstić information content (AvgIpc) is 3.30. The minimum absolute atomic E-state index is 0.0187. The Labute approximate surface area is 241 Å². The molecule has 3 rings (SSSR count). The first-order valence-corrected chi connectivity index (χ1v) is 14.2. The highest BCUT2D eigenvalue weighted by molar-refractivity contribution is 7.18. The van der Waals surface area contributed by atoms with Crippen LogP contribution in [0.2, 0.25) is 4.34 Å². The molecule has 3 amide bonds. The van der Waals surface area contributed by atoms with E-state index < -0.39 is 18.6 Å². The van der Waals surface area contributed by atoms with Gasteiger partial charge in [0.1, 0.15) is 12.6 Å². The fourth-order valence-corrected chi connectivity index (χ4v) is 5.31. The zero-order valence-corrected chi connectivity index (χ0v) is 24.5. The summed E-state index contributed by atoms with van der Waals surface area (Å²) in [6, 6.07) is 6.67. The van der Waals surface area contributed by atoms with E-state index >= 15 is 0 Å². The van der Waals surface area contributed by atoms with Gasteiger partial charge in [-0.25, -0.2) is 0 Å². The average molecular weight is 601 g/mol. The Morgan fingerprint density at radius 2 is 1.85 bits per heavy atom. The minimum atomic E-state index is -3.16. The normalized spacial score (nSPS) is 14.8. The summed E-state index contributed by atoms with van der Waals surface area (Å²) in [5.74, 6) is -1.04. The van der Waals surface area contributed by atoms with E-state index in [0.29, 0.717) is 34.6 Å². The standard InChI is InChI=1S/C27H35ClF2N4O5S/c1-16(2)13-33(14-17(3)4)20(12-31-26(37)22-7-8-23(28)40-22)25(36)32-19-6-5-18(11-21(19)39-27(29)30)34-9-10-38-15-24(34)35/h5-8,11,16-17,20,27H,9-10,12-15H2,1-4H3,(H,31,37)(H,32,36)/t20-/m1/s1. The molecule has 1 atom stereocenters. The van der Waals surface area contributed by atoms with Crippen molar-refractivity contribution < 1.29 is 32.6 Å². The molecule has 0 aliphatic carbocycles. The third-order valence-electron chi connectivity index (χ3n) is 5.93. The lowest BCUT2D eigenvalue weighted by Gasteiger charge is -2.33. The van der Waals surface area contributed by atoms with Gasteiger partial charge in [0, 0.05) is 37.9 Å². The zero-order valence-electron chi connectivity index (χ0n) is 22.9. The largest absolute Gasteiger partial charge is 0.433 e. The molecule has 1 aliphatic rings. The van der Waals surface area contributed by atoms with Crippen LogP contribution in [0.5, 0.6) is 5.75 Å². The van der Waals surface area contributed by atoms with Crippen molar-refractivity contribution in [3.63, 3.8) is 0 Å². The molecule has 1 aromatic carbocycles. The number of rotatable bonds is 13. The predicted octanol–water partition coefficient (Wildman–Crippen LogP) is 4.72. The smallest absolute Gasteiger partial charge is 0.387 e. The van der Waals surface area contributed by atoms with Crippen molar-refractivity contribution >= 4 is 52.0 Å². The maximum atomic E-state index is 13.7. The number of anilines is 2. The number of alkyl halides is 2. The molecule has 2 heterocycles. The molecule has 2 aromatic rings. The Hall–Kier alpha value is -2.80. The molecule has 9 nitrogen and oxygen atoms in total. The number of nitrogens with zero attached hydrogens (tertiary/aromatic N) is 2. The monoisotopic (exact) mass is 600 g/mol. The van der Waals surface area contributed by atoms with Crippen molar-refractivity contribution in [1.82, 2.24) is 10.2 Å². The van der Waals surface area contributed by atoms with Crippen molar-refractivity contribution in [1.29, 1.82) is 0 Å². The second-order valence-corrected chi connectivity index (χ2v) is 11.9. The molecule has 220 valence electrons.